The Balaban J connectivity index is 1.59. The number of amides is 1. The van der Waals surface area contributed by atoms with Crippen LogP contribution < -0.4 is 5.32 Å². The summed E-state index contributed by atoms with van der Waals surface area (Å²) in [6.07, 6.45) is 6.35. The molecule has 0 aromatic carbocycles. The molecule has 2 unspecified atom stereocenters. The van der Waals surface area contributed by atoms with Gasteiger partial charge in [-0.3, -0.25) is 4.79 Å². The molecule has 19 heavy (non-hydrogen) atoms. The van der Waals surface area contributed by atoms with Crippen LogP contribution in [-0.4, -0.2) is 20.7 Å². The molecule has 1 N–H and O–H groups in total. The number of pyridine rings is 1. The average Bonchev–Trinajstić information content (AvgIpc) is 2.94. The van der Waals surface area contributed by atoms with Crippen molar-refractivity contribution in [2.24, 2.45) is 11.8 Å². The maximum atomic E-state index is 11.7. The lowest BCUT2D eigenvalue weighted by atomic mass is 10.2. The van der Waals surface area contributed by atoms with Gasteiger partial charge in [0.25, 0.3) is 0 Å². The number of nitrogens with one attached hydrogen (secondary N) is 1. The normalized spacial score (nSPS) is 21.1. The first-order chi connectivity index (χ1) is 9.24. The quantitative estimate of drug-likeness (QED) is 0.902. The first-order valence-electron chi connectivity index (χ1n) is 6.46. The summed E-state index contributed by atoms with van der Waals surface area (Å²) in [6, 6.07) is 5.71. The van der Waals surface area contributed by atoms with Crippen LogP contribution in [0.5, 0.6) is 0 Å². The molecule has 5 nitrogen and oxygen atoms in total. The van der Waals surface area contributed by atoms with Gasteiger partial charge in [0.2, 0.25) is 5.91 Å². The number of carbonyl (C=O) groups is 1. The molecule has 0 spiro atoms. The van der Waals surface area contributed by atoms with Gasteiger partial charge in [-0.1, -0.05) is 13.0 Å². The molecule has 3 rings (SSSR count). The largest absolute Gasteiger partial charge is 0.352 e. The molecular formula is C14H16N4O. The summed E-state index contributed by atoms with van der Waals surface area (Å²) in [5.74, 6) is 1.69. The van der Waals surface area contributed by atoms with Crippen molar-refractivity contribution in [2.75, 3.05) is 0 Å². The van der Waals surface area contributed by atoms with Crippen molar-refractivity contribution in [3.63, 3.8) is 0 Å². The van der Waals surface area contributed by atoms with Crippen LogP contribution in [0.4, 0.5) is 0 Å². The lowest BCUT2D eigenvalue weighted by molar-refractivity contribution is -0.122. The van der Waals surface area contributed by atoms with E-state index in [4.69, 9.17) is 0 Å². The van der Waals surface area contributed by atoms with E-state index < -0.39 is 0 Å². The highest BCUT2D eigenvalue weighted by molar-refractivity contribution is 5.81. The summed E-state index contributed by atoms with van der Waals surface area (Å²) in [5.41, 5.74) is 0.998. The van der Waals surface area contributed by atoms with E-state index in [0.29, 0.717) is 12.5 Å². The second-order valence-corrected chi connectivity index (χ2v) is 5.01. The van der Waals surface area contributed by atoms with Gasteiger partial charge in [-0.15, -0.1) is 0 Å². The van der Waals surface area contributed by atoms with Crippen molar-refractivity contribution < 1.29 is 4.79 Å². The maximum Gasteiger partial charge on any atom is 0.223 e. The molecule has 2 aromatic rings. The SMILES string of the molecule is CC1CC1C(=O)NCc1ccc(-n2cccn2)nc1. The van der Waals surface area contributed by atoms with Crippen molar-refractivity contribution in [1.29, 1.82) is 0 Å². The first-order valence-corrected chi connectivity index (χ1v) is 6.46. The Morgan fingerprint density at radius 3 is 2.95 bits per heavy atom. The van der Waals surface area contributed by atoms with Crippen LogP contribution in [0, 0.1) is 11.8 Å². The number of nitrogens with zero attached hydrogens (tertiary/aromatic N) is 3. The topological polar surface area (TPSA) is 59.8 Å². The summed E-state index contributed by atoms with van der Waals surface area (Å²) in [6.45, 7) is 2.64. The molecule has 1 aliphatic carbocycles. The summed E-state index contributed by atoms with van der Waals surface area (Å²) in [7, 11) is 0. The Morgan fingerprint density at radius 2 is 2.37 bits per heavy atom. The second kappa shape index (κ2) is 4.84. The third kappa shape index (κ3) is 2.65. The number of rotatable bonds is 4. The molecular weight excluding hydrogens is 240 g/mol. The summed E-state index contributed by atoms with van der Waals surface area (Å²) in [5, 5.41) is 7.06. The van der Waals surface area contributed by atoms with Crippen molar-refractivity contribution in [2.45, 2.75) is 19.9 Å². The van der Waals surface area contributed by atoms with Crippen LogP contribution in [-0.2, 0) is 11.3 Å². The fourth-order valence-electron chi connectivity index (χ4n) is 2.07. The van der Waals surface area contributed by atoms with Crippen molar-refractivity contribution >= 4 is 5.91 Å². The molecule has 1 fully saturated rings. The van der Waals surface area contributed by atoms with Crippen LogP contribution in [0.15, 0.2) is 36.8 Å². The average molecular weight is 256 g/mol. The Kier molecular flexibility index (Phi) is 3.03. The second-order valence-electron chi connectivity index (χ2n) is 5.01. The Hall–Kier alpha value is -2.17. The first kappa shape index (κ1) is 11.9. The number of hydrogen-bond acceptors (Lipinski definition) is 3. The van der Waals surface area contributed by atoms with Gasteiger partial charge in [0.15, 0.2) is 5.82 Å². The maximum absolute atomic E-state index is 11.7. The van der Waals surface area contributed by atoms with Gasteiger partial charge >= 0.3 is 0 Å². The molecule has 2 aromatic heterocycles. The highest BCUT2D eigenvalue weighted by Gasteiger charge is 2.38. The van der Waals surface area contributed by atoms with E-state index in [1.807, 2.05) is 24.4 Å². The van der Waals surface area contributed by atoms with Crippen LogP contribution in [0.3, 0.4) is 0 Å². The van der Waals surface area contributed by atoms with Crippen molar-refractivity contribution in [3.05, 3.63) is 42.4 Å². The van der Waals surface area contributed by atoms with E-state index in [9.17, 15) is 4.79 Å². The number of hydrogen-bond donors (Lipinski definition) is 1. The molecule has 1 amide bonds. The highest BCUT2D eigenvalue weighted by atomic mass is 16.2. The summed E-state index contributed by atoms with van der Waals surface area (Å²) >= 11 is 0. The standard InChI is InChI=1S/C14H16N4O/c1-10-7-12(10)14(19)16-9-11-3-4-13(15-8-11)18-6-2-5-17-18/h2-6,8,10,12H,7,9H2,1H3,(H,16,19). The van der Waals surface area contributed by atoms with Gasteiger partial charge in [0.05, 0.1) is 0 Å². The molecule has 2 atom stereocenters. The summed E-state index contributed by atoms with van der Waals surface area (Å²) in [4.78, 5) is 16.0. The van der Waals surface area contributed by atoms with Gasteiger partial charge < -0.3 is 5.32 Å². The van der Waals surface area contributed by atoms with Crippen LogP contribution >= 0.6 is 0 Å². The Morgan fingerprint density at radius 1 is 1.53 bits per heavy atom. The van der Waals surface area contributed by atoms with Crippen molar-refractivity contribution in [3.8, 4) is 5.82 Å². The van der Waals surface area contributed by atoms with Crippen molar-refractivity contribution in [1.82, 2.24) is 20.1 Å². The van der Waals surface area contributed by atoms with E-state index in [2.05, 4.69) is 22.3 Å². The Bertz CT molecular complexity index is 562. The van der Waals surface area contributed by atoms with Crippen LogP contribution in [0.2, 0.25) is 0 Å². The number of aromatic nitrogens is 3. The number of carbonyl (C=O) groups excluding carboxylic acids is 1. The van der Waals surface area contributed by atoms with E-state index in [1.165, 1.54) is 0 Å². The monoisotopic (exact) mass is 256 g/mol. The van der Waals surface area contributed by atoms with Crippen LogP contribution in [0.1, 0.15) is 18.9 Å². The minimum Gasteiger partial charge on any atom is -0.352 e. The minimum atomic E-state index is 0.156. The van der Waals surface area contributed by atoms with Gasteiger partial charge in [-0.05, 0) is 30.0 Å². The smallest absolute Gasteiger partial charge is 0.223 e. The lowest BCUT2D eigenvalue weighted by Crippen LogP contribution is -2.24. The zero-order valence-electron chi connectivity index (χ0n) is 10.8. The molecule has 1 saturated carbocycles. The van der Waals surface area contributed by atoms with Gasteiger partial charge in [-0.25, -0.2) is 9.67 Å². The summed E-state index contributed by atoms with van der Waals surface area (Å²) < 4.78 is 1.70. The molecule has 0 saturated heterocycles. The predicted octanol–water partition coefficient (Wildman–Crippen LogP) is 1.54. The fourth-order valence-corrected chi connectivity index (χ4v) is 2.07. The predicted molar refractivity (Wildman–Crippen MR) is 70.5 cm³/mol. The molecule has 0 radical (unpaired) electrons. The molecule has 5 heteroatoms. The minimum absolute atomic E-state index is 0.156. The molecule has 1 aliphatic rings. The van der Waals surface area contributed by atoms with E-state index in [0.717, 1.165) is 17.8 Å². The van der Waals surface area contributed by atoms with E-state index >= 15 is 0 Å². The molecule has 2 heterocycles. The van der Waals surface area contributed by atoms with Crippen LogP contribution in [0.25, 0.3) is 5.82 Å². The molecule has 0 bridgehead atoms. The van der Waals surface area contributed by atoms with E-state index in [-0.39, 0.29) is 11.8 Å². The Labute approximate surface area is 111 Å². The lowest BCUT2D eigenvalue weighted by Gasteiger charge is -2.05. The molecule has 98 valence electrons. The van der Waals surface area contributed by atoms with Gasteiger partial charge in [0, 0.05) is 31.1 Å². The zero-order valence-corrected chi connectivity index (χ0v) is 10.8. The third-order valence-electron chi connectivity index (χ3n) is 3.46. The van der Waals surface area contributed by atoms with E-state index in [1.54, 1.807) is 17.1 Å². The molecule has 0 aliphatic heterocycles. The van der Waals surface area contributed by atoms with Gasteiger partial charge in [0.1, 0.15) is 0 Å². The third-order valence-corrected chi connectivity index (χ3v) is 3.46. The zero-order chi connectivity index (χ0) is 13.2. The highest BCUT2D eigenvalue weighted by Crippen LogP contribution is 2.37. The fraction of sp³-hybridized carbons (Fsp3) is 0.357. The van der Waals surface area contributed by atoms with Gasteiger partial charge in [-0.2, -0.15) is 5.10 Å².